The van der Waals surface area contributed by atoms with Gasteiger partial charge in [-0.15, -0.1) is 0 Å². The Morgan fingerprint density at radius 1 is 1.21 bits per heavy atom. The molecule has 0 bridgehead atoms. The van der Waals surface area contributed by atoms with Crippen molar-refractivity contribution in [1.82, 2.24) is 30.4 Å². The van der Waals surface area contributed by atoms with Gasteiger partial charge >= 0.3 is 0 Å². The highest BCUT2D eigenvalue weighted by Crippen LogP contribution is 2.31. The molecule has 0 spiro atoms. The topological polar surface area (TPSA) is 104 Å². The van der Waals surface area contributed by atoms with Crippen LogP contribution in [0, 0.1) is 6.92 Å². The van der Waals surface area contributed by atoms with Gasteiger partial charge < -0.3 is 10.2 Å². The lowest BCUT2D eigenvalue weighted by molar-refractivity contribution is -0.131. The van der Waals surface area contributed by atoms with Gasteiger partial charge in [0, 0.05) is 30.5 Å². The smallest absolute Gasteiger partial charge is 0.251 e. The second-order valence-electron chi connectivity index (χ2n) is 7.15. The van der Waals surface area contributed by atoms with E-state index in [1.54, 1.807) is 29.4 Å². The zero-order chi connectivity index (χ0) is 20.2. The molecule has 8 heteroatoms. The number of amides is 2. The lowest BCUT2D eigenvalue weighted by Crippen LogP contribution is -2.39. The van der Waals surface area contributed by atoms with Gasteiger partial charge in [0.15, 0.2) is 5.82 Å². The molecule has 0 unspecified atom stereocenters. The van der Waals surface area contributed by atoms with Crippen molar-refractivity contribution in [3.63, 3.8) is 0 Å². The van der Waals surface area contributed by atoms with Crippen LogP contribution in [-0.4, -0.2) is 49.5 Å². The van der Waals surface area contributed by atoms with Crippen LogP contribution in [0.4, 0.5) is 0 Å². The van der Waals surface area contributed by atoms with E-state index in [0.29, 0.717) is 30.2 Å². The van der Waals surface area contributed by atoms with E-state index < -0.39 is 0 Å². The minimum atomic E-state index is -0.287. The van der Waals surface area contributed by atoms with E-state index >= 15 is 0 Å². The van der Waals surface area contributed by atoms with Crippen molar-refractivity contribution in [3.8, 4) is 0 Å². The minimum Gasteiger partial charge on any atom is -0.347 e. The number of aromatic amines is 1. The molecule has 0 aliphatic carbocycles. The fourth-order valence-electron chi connectivity index (χ4n) is 3.61. The Bertz CT molecular complexity index is 989. The predicted molar refractivity (Wildman–Crippen MR) is 106 cm³/mol. The third kappa shape index (κ3) is 4.31. The average molecular weight is 390 g/mol. The maximum absolute atomic E-state index is 13.0. The quantitative estimate of drug-likeness (QED) is 0.692. The van der Waals surface area contributed by atoms with Gasteiger partial charge in [-0.25, -0.2) is 4.98 Å². The molecule has 29 heavy (non-hydrogen) atoms. The Morgan fingerprint density at radius 3 is 2.72 bits per heavy atom. The molecule has 1 fully saturated rings. The Balaban J connectivity index is 1.51. The molecule has 3 aromatic rings. The van der Waals surface area contributed by atoms with Gasteiger partial charge in [-0.2, -0.15) is 5.10 Å². The number of likely N-dealkylation sites (tertiary alicyclic amines) is 1. The van der Waals surface area contributed by atoms with Crippen LogP contribution in [0.2, 0.25) is 0 Å². The monoisotopic (exact) mass is 390 g/mol. The highest BCUT2D eigenvalue weighted by Gasteiger charge is 2.39. The average Bonchev–Trinajstić information content (AvgIpc) is 3.35. The normalized spacial score (nSPS) is 18.6. The van der Waals surface area contributed by atoms with Gasteiger partial charge in [0.1, 0.15) is 5.82 Å². The fraction of sp³-hybridized carbons (Fsp3) is 0.286. The van der Waals surface area contributed by atoms with Crippen molar-refractivity contribution in [1.29, 1.82) is 0 Å². The van der Waals surface area contributed by atoms with Crippen LogP contribution in [-0.2, 0) is 11.2 Å². The molecule has 2 amide bonds. The number of H-pyrrole nitrogens is 1. The van der Waals surface area contributed by atoms with Crippen molar-refractivity contribution >= 4 is 11.8 Å². The molecule has 2 atom stereocenters. The molecular weight excluding hydrogens is 368 g/mol. The van der Waals surface area contributed by atoms with E-state index in [-0.39, 0.29) is 30.3 Å². The number of hydrogen-bond donors (Lipinski definition) is 2. The number of rotatable bonds is 5. The van der Waals surface area contributed by atoms with Crippen LogP contribution in [0.5, 0.6) is 0 Å². The number of nitrogens with one attached hydrogen (secondary N) is 2. The first kappa shape index (κ1) is 18.8. The van der Waals surface area contributed by atoms with Gasteiger partial charge in [0.2, 0.25) is 5.91 Å². The molecule has 1 aromatic carbocycles. The Kier molecular flexibility index (Phi) is 5.33. The first-order valence-electron chi connectivity index (χ1n) is 9.53. The number of benzene rings is 1. The summed E-state index contributed by atoms with van der Waals surface area (Å²) in [4.78, 5) is 35.8. The van der Waals surface area contributed by atoms with Crippen LogP contribution in [0.15, 0.2) is 54.9 Å². The highest BCUT2D eigenvalue weighted by atomic mass is 16.2. The second-order valence-corrected chi connectivity index (χ2v) is 7.15. The maximum atomic E-state index is 13.0. The largest absolute Gasteiger partial charge is 0.347 e. The first-order chi connectivity index (χ1) is 14.1. The molecule has 8 nitrogen and oxygen atoms in total. The molecular formula is C21H22N6O2. The van der Waals surface area contributed by atoms with Crippen LogP contribution in [0.1, 0.15) is 40.0 Å². The summed E-state index contributed by atoms with van der Waals surface area (Å²) in [5.41, 5.74) is 1.44. The van der Waals surface area contributed by atoms with E-state index in [4.69, 9.17) is 0 Å². The number of aromatic nitrogens is 4. The Hall–Kier alpha value is -3.55. The van der Waals surface area contributed by atoms with Gasteiger partial charge in [0.05, 0.1) is 12.5 Å². The minimum absolute atomic E-state index is 0.0399. The SMILES string of the molecule is Cc1nc([C@@H]2C[C@H](NC(=O)c3ccccc3)CN2C(=O)Cc2cccnc2)n[nH]1. The van der Waals surface area contributed by atoms with Crippen LogP contribution in [0.3, 0.4) is 0 Å². The molecule has 1 aliphatic heterocycles. The van der Waals surface area contributed by atoms with Crippen LogP contribution < -0.4 is 5.32 Å². The third-order valence-corrected chi connectivity index (χ3v) is 4.98. The number of carbonyl (C=O) groups excluding carboxylic acids is 2. The summed E-state index contributed by atoms with van der Waals surface area (Å²) >= 11 is 0. The van der Waals surface area contributed by atoms with Crippen molar-refractivity contribution < 1.29 is 9.59 Å². The molecule has 0 saturated carbocycles. The number of pyridine rings is 1. The van der Waals surface area contributed by atoms with Gasteiger partial charge in [-0.05, 0) is 37.1 Å². The van der Waals surface area contributed by atoms with Gasteiger partial charge in [-0.3, -0.25) is 19.7 Å². The standard InChI is InChI=1S/C21H22N6O2/c1-14-23-20(26-25-14)18-11-17(24-21(29)16-7-3-2-4-8-16)13-27(18)19(28)10-15-6-5-9-22-12-15/h2-9,12,17-18H,10-11,13H2,1H3,(H,24,29)(H,23,25,26)/t17-,18-/m0/s1. The molecule has 0 radical (unpaired) electrons. The molecule has 4 rings (SSSR count). The van der Waals surface area contributed by atoms with Crippen molar-refractivity contribution in [2.75, 3.05) is 6.54 Å². The van der Waals surface area contributed by atoms with Crippen molar-refractivity contribution in [2.24, 2.45) is 0 Å². The number of aryl methyl sites for hydroxylation is 1. The summed E-state index contributed by atoms with van der Waals surface area (Å²) in [6.07, 6.45) is 4.18. The zero-order valence-corrected chi connectivity index (χ0v) is 16.1. The van der Waals surface area contributed by atoms with E-state index in [9.17, 15) is 9.59 Å². The van der Waals surface area contributed by atoms with E-state index in [1.807, 2.05) is 37.3 Å². The molecule has 3 heterocycles. The van der Waals surface area contributed by atoms with Crippen molar-refractivity contribution in [3.05, 3.63) is 77.6 Å². The zero-order valence-electron chi connectivity index (χ0n) is 16.1. The Labute approximate surface area is 168 Å². The lowest BCUT2D eigenvalue weighted by atomic mass is 10.1. The number of hydrogen-bond acceptors (Lipinski definition) is 5. The molecule has 1 aliphatic rings. The maximum Gasteiger partial charge on any atom is 0.251 e. The van der Waals surface area contributed by atoms with E-state index in [0.717, 1.165) is 5.56 Å². The van der Waals surface area contributed by atoms with E-state index in [2.05, 4.69) is 25.5 Å². The van der Waals surface area contributed by atoms with E-state index in [1.165, 1.54) is 0 Å². The van der Waals surface area contributed by atoms with Crippen molar-refractivity contribution in [2.45, 2.75) is 31.8 Å². The summed E-state index contributed by atoms with van der Waals surface area (Å²) < 4.78 is 0. The summed E-state index contributed by atoms with van der Waals surface area (Å²) in [6, 6.07) is 12.3. The molecule has 2 N–H and O–H groups in total. The summed E-state index contributed by atoms with van der Waals surface area (Å²) in [7, 11) is 0. The summed E-state index contributed by atoms with van der Waals surface area (Å²) in [5.74, 6) is 1.07. The molecule has 1 saturated heterocycles. The molecule has 2 aromatic heterocycles. The third-order valence-electron chi connectivity index (χ3n) is 4.98. The summed E-state index contributed by atoms with van der Waals surface area (Å²) in [5, 5.41) is 10.1. The number of carbonyl (C=O) groups is 2. The molecule has 148 valence electrons. The fourth-order valence-corrected chi connectivity index (χ4v) is 3.61. The summed E-state index contributed by atoms with van der Waals surface area (Å²) in [6.45, 7) is 2.23. The first-order valence-corrected chi connectivity index (χ1v) is 9.53. The lowest BCUT2D eigenvalue weighted by Gasteiger charge is -2.22. The predicted octanol–water partition coefficient (Wildman–Crippen LogP) is 1.82. The van der Waals surface area contributed by atoms with Crippen LogP contribution >= 0.6 is 0 Å². The van der Waals surface area contributed by atoms with Crippen LogP contribution in [0.25, 0.3) is 0 Å². The Morgan fingerprint density at radius 2 is 2.03 bits per heavy atom. The van der Waals surface area contributed by atoms with Gasteiger partial charge in [0.25, 0.3) is 5.91 Å². The highest BCUT2D eigenvalue weighted by molar-refractivity contribution is 5.94. The second kappa shape index (κ2) is 8.22. The number of nitrogens with zero attached hydrogens (tertiary/aromatic N) is 4. The van der Waals surface area contributed by atoms with Gasteiger partial charge in [-0.1, -0.05) is 24.3 Å².